The van der Waals surface area contributed by atoms with Crippen LogP contribution in [0.3, 0.4) is 0 Å². The number of rotatable bonds is 5. The average Bonchev–Trinajstić information content (AvgIpc) is 2.72. The smallest absolute Gasteiger partial charge is 0.0180 e. The molecule has 1 saturated heterocycles. The van der Waals surface area contributed by atoms with Gasteiger partial charge in [-0.1, -0.05) is 30.3 Å². The van der Waals surface area contributed by atoms with Crippen molar-refractivity contribution in [3.63, 3.8) is 0 Å². The van der Waals surface area contributed by atoms with Crippen LogP contribution in [-0.4, -0.2) is 30.6 Å². The van der Waals surface area contributed by atoms with Crippen LogP contribution >= 0.6 is 0 Å². The largest absolute Gasteiger partial charge is 0.326 e. The third kappa shape index (κ3) is 3.62. The first-order valence-corrected chi connectivity index (χ1v) is 6.36. The summed E-state index contributed by atoms with van der Waals surface area (Å²) in [6.07, 6.45) is 4.97. The zero-order chi connectivity index (χ0) is 11.2. The maximum atomic E-state index is 5.88. The minimum absolute atomic E-state index is 0.425. The fourth-order valence-electron chi connectivity index (χ4n) is 2.37. The van der Waals surface area contributed by atoms with Crippen molar-refractivity contribution in [1.82, 2.24) is 4.90 Å². The van der Waals surface area contributed by atoms with E-state index in [9.17, 15) is 0 Å². The Morgan fingerprint density at radius 2 is 2.00 bits per heavy atom. The molecule has 0 saturated carbocycles. The molecule has 1 fully saturated rings. The second-order valence-corrected chi connectivity index (χ2v) is 4.79. The van der Waals surface area contributed by atoms with Crippen molar-refractivity contribution in [3.8, 4) is 0 Å². The number of likely N-dealkylation sites (tertiary alicyclic amines) is 1. The molecule has 2 heteroatoms. The van der Waals surface area contributed by atoms with Gasteiger partial charge in [0.15, 0.2) is 0 Å². The second kappa shape index (κ2) is 6.02. The highest BCUT2D eigenvalue weighted by Crippen LogP contribution is 2.09. The standard InChI is InChI=1S/C14H22N2/c15-14-9-11-16(12-14)10-5-4-8-13-6-2-1-3-7-13/h1-3,6-7,14H,4-5,8-12,15H2/t14-/m1/s1. The molecule has 0 aliphatic carbocycles. The van der Waals surface area contributed by atoms with Gasteiger partial charge in [-0.25, -0.2) is 0 Å². The van der Waals surface area contributed by atoms with Gasteiger partial charge in [0, 0.05) is 12.6 Å². The molecule has 0 unspecified atom stereocenters. The summed E-state index contributed by atoms with van der Waals surface area (Å²) in [5.41, 5.74) is 7.34. The summed E-state index contributed by atoms with van der Waals surface area (Å²) in [5, 5.41) is 0. The SMILES string of the molecule is N[C@@H]1CCN(CCCCc2ccccc2)C1. The first-order valence-electron chi connectivity index (χ1n) is 6.36. The lowest BCUT2D eigenvalue weighted by molar-refractivity contribution is 0.326. The van der Waals surface area contributed by atoms with Gasteiger partial charge in [0.05, 0.1) is 0 Å². The van der Waals surface area contributed by atoms with Crippen LogP contribution in [0, 0.1) is 0 Å². The van der Waals surface area contributed by atoms with Crippen molar-refractivity contribution < 1.29 is 0 Å². The Morgan fingerprint density at radius 3 is 2.69 bits per heavy atom. The summed E-state index contributed by atoms with van der Waals surface area (Å²) in [4.78, 5) is 2.50. The van der Waals surface area contributed by atoms with Crippen molar-refractivity contribution in [2.75, 3.05) is 19.6 Å². The van der Waals surface area contributed by atoms with Gasteiger partial charge in [0.1, 0.15) is 0 Å². The fourth-order valence-corrected chi connectivity index (χ4v) is 2.37. The molecule has 1 aliphatic rings. The van der Waals surface area contributed by atoms with Gasteiger partial charge in [0.2, 0.25) is 0 Å². The normalized spacial score (nSPS) is 21.4. The Balaban J connectivity index is 1.59. The molecule has 1 aliphatic heterocycles. The lowest BCUT2D eigenvalue weighted by atomic mass is 10.1. The predicted octanol–water partition coefficient (Wildman–Crippen LogP) is 2.04. The van der Waals surface area contributed by atoms with Gasteiger partial charge in [-0.2, -0.15) is 0 Å². The minimum atomic E-state index is 0.425. The average molecular weight is 218 g/mol. The highest BCUT2D eigenvalue weighted by molar-refractivity contribution is 5.14. The molecule has 2 N–H and O–H groups in total. The van der Waals surface area contributed by atoms with Gasteiger partial charge in [-0.05, 0) is 44.3 Å². The topological polar surface area (TPSA) is 29.3 Å². The third-order valence-corrected chi connectivity index (χ3v) is 3.34. The molecular weight excluding hydrogens is 196 g/mol. The molecular formula is C14H22N2. The number of nitrogens with zero attached hydrogens (tertiary/aromatic N) is 1. The van der Waals surface area contributed by atoms with Crippen molar-refractivity contribution in [3.05, 3.63) is 35.9 Å². The number of aryl methyl sites for hydroxylation is 1. The molecule has 16 heavy (non-hydrogen) atoms. The first-order chi connectivity index (χ1) is 7.84. The van der Waals surface area contributed by atoms with Crippen LogP contribution in [0.1, 0.15) is 24.8 Å². The minimum Gasteiger partial charge on any atom is -0.326 e. The molecule has 2 rings (SSSR count). The van der Waals surface area contributed by atoms with Crippen LogP contribution in [0.5, 0.6) is 0 Å². The molecule has 0 aromatic heterocycles. The summed E-state index contributed by atoms with van der Waals surface area (Å²) < 4.78 is 0. The number of benzene rings is 1. The molecule has 0 bridgehead atoms. The van der Waals surface area contributed by atoms with E-state index in [0.29, 0.717) is 6.04 Å². The lowest BCUT2D eigenvalue weighted by Crippen LogP contribution is -2.27. The third-order valence-electron chi connectivity index (χ3n) is 3.34. The molecule has 0 spiro atoms. The van der Waals surface area contributed by atoms with Gasteiger partial charge in [-0.3, -0.25) is 0 Å². The van der Waals surface area contributed by atoms with E-state index in [4.69, 9.17) is 5.73 Å². The number of unbranched alkanes of at least 4 members (excludes halogenated alkanes) is 1. The van der Waals surface area contributed by atoms with Crippen LogP contribution in [0.15, 0.2) is 30.3 Å². The molecule has 1 atom stereocenters. The Hall–Kier alpha value is -0.860. The molecule has 1 heterocycles. The Bertz CT molecular complexity index is 297. The first kappa shape index (κ1) is 11.6. The van der Waals surface area contributed by atoms with E-state index in [0.717, 1.165) is 6.54 Å². The van der Waals surface area contributed by atoms with E-state index in [2.05, 4.69) is 35.2 Å². The molecule has 0 radical (unpaired) electrons. The van der Waals surface area contributed by atoms with Crippen LogP contribution in [0.25, 0.3) is 0 Å². The van der Waals surface area contributed by atoms with Crippen LogP contribution in [0.2, 0.25) is 0 Å². The van der Waals surface area contributed by atoms with E-state index < -0.39 is 0 Å². The van der Waals surface area contributed by atoms with Crippen molar-refractivity contribution in [2.45, 2.75) is 31.7 Å². The summed E-state index contributed by atoms with van der Waals surface area (Å²) >= 11 is 0. The second-order valence-electron chi connectivity index (χ2n) is 4.79. The summed E-state index contributed by atoms with van der Waals surface area (Å²) in [6.45, 7) is 3.53. The predicted molar refractivity (Wildman–Crippen MR) is 68.4 cm³/mol. The van der Waals surface area contributed by atoms with E-state index in [1.54, 1.807) is 0 Å². The lowest BCUT2D eigenvalue weighted by Gasteiger charge is -2.14. The van der Waals surface area contributed by atoms with Crippen molar-refractivity contribution >= 4 is 0 Å². The fraction of sp³-hybridized carbons (Fsp3) is 0.571. The van der Waals surface area contributed by atoms with E-state index in [1.807, 2.05) is 0 Å². The zero-order valence-corrected chi connectivity index (χ0v) is 9.94. The molecule has 88 valence electrons. The molecule has 1 aromatic carbocycles. The van der Waals surface area contributed by atoms with E-state index in [1.165, 1.54) is 44.3 Å². The molecule has 1 aromatic rings. The Labute approximate surface area is 98.4 Å². The van der Waals surface area contributed by atoms with Gasteiger partial charge < -0.3 is 10.6 Å². The summed E-state index contributed by atoms with van der Waals surface area (Å²) in [5.74, 6) is 0. The highest BCUT2D eigenvalue weighted by atomic mass is 15.2. The number of nitrogens with two attached hydrogens (primary N) is 1. The quantitative estimate of drug-likeness (QED) is 0.766. The summed E-state index contributed by atoms with van der Waals surface area (Å²) in [6, 6.07) is 11.2. The zero-order valence-electron chi connectivity index (χ0n) is 9.94. The summed E-state index contributed by atoms with van der Waals surface area (Å²) in [7, 11) is 0. The maximum Gasteiger partial charge on any atom is 0.0180 e. The van der Waals surface area contributed by atoms with Crippen LogP contribution in [-0.2, 0) is 6.42 Å². The molecule has 2 nitrogen and oxygen atoms in total. The monoisotopic (exact) mass is 218 g/mol. The number of hydrogen-bond donors (Lipinski definition) is 1. The van der Waals surface area contributed by atoms with Gasteiger partial charge in [-0.15, -0.1) is 0 Å². The van der Waals surface area contributed by atoms with E-state index in [-0.39, 0.29) is 0 Å². The van der Waals surface area contributed by atoms with Crippen LogP contribution in [0.4, 0.5) is 0 Å². The molecule has 0 amide bonds. The maximum absolute atomic E-state index is 5.88. The highest BCUT2D eigenvalue weighted by Gasteiger charge is 2.17. The Morgan fingerprint density at radius 1 is 1.19 bits per heavy atom. The Kier molecular flexibility index (Phi) is 4.37. The van der Waals surface area contributed by atoms with Crippen molar-refractivity contribution in [2.24, 2.45) is 5.73 Å². The van der Waals surface area contributed by atoms with Crippen LogP contribution < -0.4 is 5.73 Å². The van der Waals surface area contributed by atoms with E-state index >= 15 is 0 Å². The van der Waals surface area contributed by atoms with Gasteiger partial charge in [0.25, 0.3) is 0 Å². The van der Waals surface area contributed by atoms with Crippen molar-refractivity contribution in [1.29, 1.82) is 0 Å². The van der Waals surface area contributed by atoms with Gasteiger partial charge >= 0.3 is 0 Å². The number of hydrogen-bond acceptors (Lipinski definition) is 2.